The second kappa shape index (κ2) is 4.87. The van der Waals surface area contributed by atoms with Gasteiger partial charge >= 0.3 is 12.5 Å². The van der Waals surface area contributed by atoms with Crippen LogP contribution in [0.25, 0.3) is 0 Å². The summed E-state index contributed by atoms with van der Waals surface area (Å²) < 4.78 is 50.0. The highest BCUT2D eigenvalue weighted by Crippen LogP contribution is 2.33. The number of hydrogen-bond acceptors (Lipinski definition) is 4. The Balaban J connectivity index is 2.29. The first-order valence-corrected chi connectivity index (χ1v) is 5.26. The smallest absolute Gasteiger partial charge is 0.496 e. The normalized spacial score (nSPS) is 18.7. The van der Waals surface area contributed by atoms with E-state index in [-0.39, 0.29) is 12.4 Å². The van der Waals surface area contributed by atoms with Gasteiger partial charge in [0.15, 0.2) is 0 Å². The summed E-state index contributed by atoms with van der Waals surface area (Å²) in [6.07, 6.45) is -5.41. The molecule has 1 aromatic rings. The van der Waals surface area contributed by atoms with Gasteiger partial charge in [0.05, 0.1) is 13.2 Å². The van der Waals surface area contributed by atoms with Crippen molar-refractivity contribution in [2.75, 3.05) is 13.7 Å². The Bertz CT molecular complexity index is 489. The topological polar surface area (TPSA) is 56.8 Å². The number of methoxy groups -OCH3 is 1. The van der Waals surface area contributed by atoms with Gasteiger partial charge < -0.3 is 19.5 Å². The van der Waals surface area contributed by atoms with E-state index in [0.717, 1.165) is 12.1 Å². The molecule has 8 heteroatoms. The Kier molecular flexibility index (Phi) is 3.41. The summed E-state index contributed by atoms with van der Waals surface area (Å²) in [6.45, 7) is 0.0185. The van der Waals surface area contributed by atoms with Crippen molar-refractivity contribution >= 4 is 6.09 Å². The lowest BCUT2D eigenvalue weighted by Crippen LogP contribution is -2.20. The molecule has 1 N–H and O–H groups in total. The number of amides is 1. The third kappa shape index (κ3) is 3.21. The zero-order chi connectivity index (χ0) is 14.0. The van der Waals surface area contributed by atoms with Crippen LogP contribution in [0.2, 0.25) is 0 Å². The quantitative estimate of drug-likeness (QED) is 0.921. The molecule has 1 atom stereocenters. The maximum Gasteiger partial charge on any atom is 0.573 e. The third-order valence-corrected chi connectivity index (χ3v) is 2.48. The van der Waals surface area contributed by atoms with Gasteiger partial charge in [-0.25, -0.2) is 4.79 Å². The van der Waals surface area contributed by atoms with Gasteiger partial charge in [-0.05, 0) is 18.2 Å². The average molecular weight is 277 g/mol. The van der Waals surface area contributed by atoms with Crippen molar-refractivity contribution < 1.29 is 32.2 Å². The molecule has 2 rings (SSSR count). The number of rotatable bonds is 3. The molecule has 0 saturated carbocycles. The predicted molar refractivity (Wildman–Crippen MR) is 56.9 cm³/mol. The monoisotopic (exact) mass is 277 g/mol. The van der Waals surface area contributed by atoms with Gasteiger partial charge in [-0.2, -0.15) is 0 Å². The molecule has 1 fully saturated rings. The van der Waals surface area contributed by atoms with E-state index < -0.39 is 18.5 Å². The molecule has 1 saturated heterocycles. The van der Waals surface area contributed by atoms with E-state index in [1.165, 1.54) is 13.2 Å². The summed E-state index contributed by atoms with van der Waals surface area (Å²) in [6, 6.07) is 3.06. The third-order valence-electron chi connectivity index (χ3n) is 2.48. The van der Waals surface area contributed by atoms with Gasteiger partial charge in [0, 0.05) is 5.56 Å². The highest BCUT2D eigenvalue weighted by molar-refractivity contribution is 5.70. The minimum atomic E-state index is -4.78. The number of benzene rings is 1. The molecule has 19 heavy (non-hydrogen) atoms. The lowest BCUT2D eigenvalue weighted by atomic mass is 10.1. The van der Waals surface area contributed by atoms with Crippen LogP contribution in [0.15, 0.2) is 18.2 Å². The number of nitrogens with one attached hydrogen (secondary N) is 1. The van der Waals surface area contributed by atoms with Crippen molar-refractivity contribution in [2.45, 2.75) is 12.4 Å². The Morgan fingerprint density at radius 2 is 2.16 bits per heavy atom. The Morgan fingerprint density at radius 3 is 2.68 bits per heavy atom. The van der Waals surface area contributed by atoms with Crippen LogP contribution in [0.4, 0.5) is 18.0 Å². The van der Waals surface area contributed by atoms with Gasteiger partial charge in [0.1, 0.15) is 18.1 Å². The van der Waals surface area contributed by atoms with E-state index >= 15 is 0 Å². The molecule has 1 amide bonds. The molecule has 0 spiro atoms. The maximum atomic E-state index is 12.1. The fourth-order valence-corrected chi connectivity index (χ4v) is 1.73. The van der Waals surface area contributed by atoms with Crippen molar-refractivity contribution in [2.24, 2.45) is 0 Å². The highest BCUT2D eigenvalue weighted by atomic mass is 19.4. The number of alkyl halides is 3. The molecule has 104 valence electrons. The predicted octanol–water partition coefficient (Wildman–Crippen LogP) is 2.37. The maximum absolute atomic E-state index is 12.1. The van der Waals surface area contributed by atoms with E-state index in [1.807, 2.05) is 0 Å². The molecule has 0 aliphatic carbocycles. The van der Waals surface area contributed by atoms with Crippen LogP contribution < -0.4 is 14.8 Å². The average Bonchev–Trinajstić information content (AvgIpc) is 2.73. The van der Waals surface area contributed by atoms with Crippen molar-refractivity contribution in [1.29, 1.82) is 0 Å². The number of alkyl carbamates (subject to hydrolysis) is 1. The molecule has 0 bridgehead atoms. The van der Waals surface area contributed by atoms with E-state index in [2.05, 4.69) is 10.1 Å². The molecule has 1 heterocycles. The molecule has 1 aromatic carbocycles. The van der Waals surface area contributed by atoms with Crippen LogP contribution in [0.5, 0.6) is 11.5 Å². The second-order valence-electron chi connectivity index (χ2n) is 3.75. The summed E-state index contributed by atoms with van der Waals surface area (Å²) >= 11 is 0. The first kappa shape index (κ1) is 13.3. The molecule has 0 radical (unpaired) electrons. The van der Waals surface area contributed by atoms with Crippen LogP contribution in [0.3, 0.4) is 0 Å². The Morgan fingerprint density at radius 1 is 1.42 bits per heavy atom. The summed E-state index contributed by atoms with van der Waals surface area (Å²) in [4.78, 5) is 11.0. The zero-order valence-electron chi connectivity index (χ0n) is 9.78. The van der Waals surface area contributed by atoms with Gasteiger partial charge in [-0.3, -0.25) is 0 Å². The molecule has 5 nitrogen and oxygen atoms in total. The summed E-state index contributed by atoms with van der Waals surface area (Å²) in [5.41, 5.74) is 0.357. The Hall–Kier alpha value is -2.12. The second-order valence-corrected chi connectivity index (χ2v) is 3.75. The number of carbonyl (C=O) groups excluding carboxylic acids is 1. The summed E-state index contributed by atoms with van der Waals surface area (Å²) in [5.74, 6) is -0.0465. The summed E-state index contributed by atoms with van der Waals surface area (Å²) in [7, 11) is 1.38. The number of halogens is 3. The van der Waals surface area contributed by atoms with Crippen LogP contribution in [-0.2, 0) is 4.74 Å². The zero-order valence-corrected chi connectivity index (χ0v) is 9.78. The SMILES string of the molecule is COc1ccc(OC(F)(F)F)cc1[C@@H]1COC(=O)N1. The van der Waals surface area contributed by atoms with Gasteiger partial charge in [0.2, 0.25) is 0 Å². The molecule has 1 aliphatic heterocycles. The lowest BCUT2D eigenvalue weighted by Gasteiger charge is -2.15. The number of hydrogen-bond donors (Lipinski definition) is 1. The fraction of sp³-hybridized carbons (Fsp3) is 0.364. The largest absolute Gasteiger partial charge is 0.573 e. The van der Waals surface area contributed by atoms with Crippen LogP contribution >= 0.6 is 0 Å². The van der Waals surface area contributed by atoms with Crippen LogP contribution in [-0.4, -0.2) is 26.2 Å². The minimum Gasteiger partial charge on any atom is -0.496 e. The molecule has 0 unspecified atom stereocenters. The van der Waals surface area contributed by atoms with Crippen LogP contribution in [0, 0.1) is 0 Å². The fourth-order valence-electron chi connectivity index (χ4n) is 1.73. The Labute approximate surface area is 106 Å². The van der Waals surface area contributed by atoms with Crippen molar-refractivity contribution in [3.05, 3.63) is 23.8 Å². The summed E-state index contributed by atoms with van der Waals surface area (Å²) in [5, 5.41) is 2.46. The van der Waals surface area contributed by atoms with Crippen LogP contribution in [0.1, 0.15) is 11.6 Å². The first-order valence-electron chi connectivity index (χ1n) is 5.26. The van der Waals surface area contributed by atoms with Gasteiger partial charge in [-0.15, -0.1) is 13.2 Å². The molecule has 0 aromatic heterocycles. The molecular weight excluding hydrogens is 267 g/mol. The minimum absolute atomic E-state index is 0.0185. The van der Waals surface area contributed by atoms with Gasteiger partial charge in [-0.1, -0.05) is 0 Å². The number of carbonyl (C=O) groups is 1. The molecule has 1 aliphatic rings. The van der Waals surface area contributed by atoms with Crippen molar-refractivity contribution in [1.82, 2.24) is 5.32 Å². The highest BCUT2D eigenvalue weighted by Gasteiger charge is 2.32. The standard InChI is InChI=1S/C11H10F3NO4/c1-17-9-3-2-6(19-11(12,13)14)4-7(9)8-5-18-10(16)15-8/h2-4,8H,5H2,1H3,(H,15,16)/t8-/m0/s1. The van der Waals surface area contributed by atoms with Crippen molar-refractivity contribution in [3.8, 4) is 11.5 Å². The number of ether oxygens (including phenoxy) is 3. The van der Waals surface area contributed by atoms with Gasteiger partial charge in [0.25, 0.3) is 0 Å². The first-order chi connectivity index (χ1) is 8.89. The lowest BCUT2D eigenvalue weighted by molar-refractivity contribution is -0.274. The number of cyclic esters (lactones) is 1. The van der Waals surface area contributed by atoms with E-state index in [9.17, 15) is 18.0 Å². The molecular formula is C11H10F3NO4. The van der Waals surface area contributed by atoms with E-state index in [0.29, 0.717) is 11.3 Å². The van der Waals surface area contributed by atoms with Crippen molar-refractivity contribution in [3.63, 3.8) is 0 Å². The van der Waals surface area contributed by atoms with E-state index in [4.69, 9.17) is 9.47 Å². The van der Waals surface area contributed by atoms with E-state index in [1.54, 1.807) is 0 Å².